The lowest BCUT2D eigenvalue weighted by Gasteiger charge is -2.08. The van der Waals surface area contributed by atoms with Crippen LogP contribution in [0.4, 0.5) is 0 Å². The average molecular weight is 203 g/mol. The third-order valence-corrected chi connectivity index (χ3v) is 2.38. The maximum Gasteiger partial charge on any atom is 0.132 e. The molecule has 78 valence electrons. The van der Waals surface area contributed by atoms with Crippen molar-refractivity contribution in [3.63, 3.8) is 0 Å². The van der Waals surface area contributed by atoms with Gasteiger partial charge in [0.05, 0.1) is 6.26 Å². The van der Waals surface area contributed by atoms with E-state index in [2.05, 4.69) is 4.98 Å². The highest BCUT2D eigenvalue weighted by atomic mass is 16.4. The van der Waals surface area contributed by atoms with Gasteiger partial charge in [-0.15, -0.1) is 0 Å². The molecule has 2 aromatic rings. The van der Waals surface area contributed by atoms with Crippen LogP contribution in [0.25, 0.3) is 0 Å². The lowest BCUT2D eigenvalue weighted by atomic mass is 10.1. The molecule has 0 spiro atoms. The Kier molecular flexibility index (Phi) is 2.83. The Labute approximate surface area is 88.4 Å². The van der Waals surface area contributed by atoms with E-state index in [0.717, 1.165) is 11.3 Å². The molecule has 1 N–H and O–H groups in total. The van der Waals surface area contributed by atoms with Crippen molar-refractivity contribution in [3.05, 3.63) is 53.7 Å². The second-order valence-corrected chi connectivity index (χ2v) is 3.50. The fourth-order valence-electron chi connectivity index (χ4n) is 1.50. The first-order valence-corrected chi connectivity index (χ1v) is 4.89. The van der Waals surface area contributed by atoms with E-state index in [9.17, 15) is 5.11 Å². The first-order chi connectivity index (χ1) is 7.27. The molecule has 1 unspecified atom stereocenters. The molecule has 0 aromatic carbocycles. The predicted molar refractivity (Wildman–Crippen MR) is 56.3 cm³/mol. The highest BCUT2D eigenvalue weighted by Gasteiger charge is 2.12. The summed E-state index contributed by atoms with van der Waals surface area (Å²) < 4.78 is 5.13. The van der Waals surface area contributed by atoms with Gasteiger partial charge in [-0.3, -0.25) is 4.98 Å². The van der Waals surface area contributed by atoms with Crippen molar-refractivity contribution in [2.45, 2.75) is 19.4 Å². The average Bonchev–Trinajstić information content (AvgIpc) is 2.74. The number of aliphatic hydroxyl groups excluding tert-OH is 1. The zero-order valence-corrected chi connectivity index (χ0v) is 8.55. The normalized spacial score (nSPS) is 12.7. The fraction of sp³-hybridized carbons (Fsp3) is 0.250. The molecule has 0 aliphatic rings. The maximum absolute atomic E-state index is 9.85. The van der Waals surface area contributed by atoms with Gasteiger partial charge in [-0.25, -0.2) is 0 Å². The summed E-state index contributed by atoms with van der Waals surface area (Å²) in [5, 5.41) is 9.85. The maximum atomic E-state index is 9.85. The number of aliphatic hydroxyl groups is 1. The summed E-state index contributed by atoms with van der Waals surface area (Å²) in [6, 6.07) is 7.40. The number of furan rings is 1. The van der Waals surface area contributed by atoms with Crippen molar-refractivity contribution in [2.75, 3.05) is 0 Å². The molecule has 0 aliphatic heterocycles. The molecular weight excluding hydrogens is 190 g/mol. The molecule has 3 nitrogen and oxygen atoms in total. The zero-order valence-electron chi connectivity index (χ0n) is 8.55. The third-order valence-electron chi connectivity index (χ3n) is 2.38. The summed E-state index contributed by atoms with van der Waals surface area (Å²) in [5.74, 6) is 0.583. The van der Waals surface area contributed by atoms with Crippen LogP contribution < -0.4 is 0 Å². The Hall–Kier alpha value is -1.61. The highest BCUT2D eigenvalue weighted by molar-refractivity contribution is 5.19. The van der Waals surface area contributed by atoms with Gasteiger partial charge in [-0.1, -0.05) is 6.07 Å². The van der Waals surface area contributed by atoms with E-state index in [1.165, 1.54) is 0 Å². The number of nitrogens with zero attached hydrogens (tertiary/aromatic N) is 1. The summed E-state index contributed by atoms with van der Waals surface area (Å²) in [7, 11) is 0. The van der Waals surface area contributed by atoms with E-state index in [1.807, 2.05) is 19.1 Å². The molecule has 0 aliphatic carbocycles. The molecule has 0 bridgehead atoms. The second-order valence-electron chi connectivity index (χ2n) is 3.50. The largest absolute Gasteiger partial charge is 0.467 e. The Balaban J connectivity index is 2.13. The van der Waals surface area contributed by atoms with Gasteiger partial charge < -0.3 is 9.52 Å². The van der Waals surface area contributed by atoms with Crippen LogP contribution in [-0.4, -0.2) is 10.1 Å². The number of aromatic nitrogens is 1. The van der Waals surface area contributed by atoms with E-state index in [0.29, 0.717) is 12.2 Å². The van der Waals surface area contributed by atoms with Gasteiger partial charge in [0.1, 0.15) is 11.9 Å². The molecule has 0 saturated heterocycles. The topological polar surface area (TPSA) is 46.3 Å². The monoisotopic (exact) mass is 203 g/mol. The molecule has 0 radical (unpaired) electrons. The van der Waals surface area contributed by atoms with Crippen molar-refractivity contribution in [2.24, 2.45) is 0 Å². The minimum absolute atomic E-state index is 0.486. The molecule has 15 heavy (non-hydrogen) atoms. The van der Waals surface area contributed by atoms with Crippen molar-refractivity contribution in [1.29, 1.82) is 0 Å². The van der Waals surface area contributed by atoms with Gasteiger partial charge in [-0.2, -0.15) is 0 Å². The third kappa shape index (κ3) is 2.25. The van der Waals surface area contributed by atoms with Crippen molar-refractivity contribution < 1.29 is 9.52 Å². The van der Waals surface area contributed by atoms with Gasteiger partial charge in [0, 0.05) is 18.3 Å². The number of hydrogen-bond acceptors (Lipinski definition) is 3. The van der Waals surface area contributed by atoms with Gasteiger partial charge in [0.2, 0.25) is 0 Å². The Morgan fingerprint density at radius 2 is 2.27 bits per heavy atom. The summed E-state index contributed by atoms with van der Waals surface area (Å²) in [6.07, 6.45) is 3.16. The number of aryl methyl sites for hydroxylation is 1. The van der Waals surface area contributed by atoms with Gasteiger partial charge in [-0.05, 0) is 30.7 Å². The number of rotatable bonds is 3. The van der Waals surface area contributed by atoms with Gasteiger partial charge in [0.25, 0.3) is 0 Å². The smallest absolute Gasteiger partial charge is 0.132 e. The van der Waals surface area contributed by atoms with Crippen molar-refractivity contribution in [1.82, 2.24) is 4.98 Å². The molecule has 0 fully saturated rings. The Bertz CT molecular complexity index is 423. The summed E-state index contributed by atoms with van der Waals surface area (Å²) >= 11 is 0. The summed E-state index contributed by atoms with van der Waals surface area (Å²) in [4.78, 5) is 4.23. The highest BCUT2D eigenvalue weighted by Crippen LogP contribution is 2.18. The first-order valence-electron chi connectivity index (χ1n) is 4.89. The SMILES string of the molecule is Cc1cccnc1CC(O)c1ccco1. The molecular formula is C12H13NO2. The van der Waals surface area contributed by atoms with Crippen LogP contribution in [0.2, 0.25) is 0 Å². The predicted octanol–water partition coefficient (Wildman–Crippen LogP) is 2.26. The second kappa shape index (κ2) is 4.28. The fourth-order valence-corrected chi connectivity index (χ4v) is 1.50. The Morgan fingerprint density at radius 3 is 2.93 bits per heavy atom. The van der Waals surface area contributed by atoms with E-state index >= 15 is 0 Å². The lowest BCUT2D eigenvalue weighted by Crippen LogP contribution is -2.03. The molecule has 3 heteroatoms. The van der Waals surface area contributed by atoms with Crippen LogP contribution in [0.15, 0.2) is 41.1 Å². The number of hydrogen-bond donors (Lipinski definition) is 1. The number of pyridine rings is 1. The van der Waals surface area contributed by atoms with Crippen LogP contribution in [0.3, 0.4) is 0 Å². The standard InChI is InChI=1S/C12H13NO2/c1-9-4-2-6-13-10(9)8-11(14)12-5-3-7-15-12/h2-7,11,14H,8H2,1H3. The minimum Gasteiger partial charge on any atom is -0.467 e. The van der Waals surface area contributed by atoms with Crippen LogP contribution in [0.1, 0.15) is 23.1 Å². The van der Waals surface area contributed by atoms with Crippen LogP contribution >= 0.6 is 0 Å². The van der Waals surface area contributed by atoms with Crippen LogP contribution in [-0.2, 0) is 6.42 Å². The molecule has 2 aromatic heterocycles. The lowest BCUT2D eigenvalue weighted by molar-refractivity contribution is 0.149. The Morgan fingerprint density at radius 1 is 1.40 bits per heavy atom. The zero-order chi connectivity index (χ0) is 10.7. The van der Waals surface area contributed by atoms with Gasteiger partial charge in [0.15, 0.2) is 0 Å². The van der Waals surface area contributed by atoms with Crippen molar-refractivity contribution in [3.8, 4) is 0 Å². The molecule has 0 amide bonds. The van der Waals surface area contributed by atoms with Crippen LogP contribution in [0.5, 0.6) is 0 Å². The molecule has 2 rings (SSSR count). The minimum atomic E-state index is -0.617. The quantitative estimate of drug-likeness (QED) is 0.832. The van der Waals surface area contributed by atoms with Gasteiger partial charge >= 0.3 is 0 Å². The molecule has 0 saturated carbocycles. The molecule has 1 atom stereocenters. The van der Waals surface area contributed by atoms with E-state index in [4.69, 9.17) is 4.42 Å². The molecule has 2 heterocycles. The summed E-state index contributed by atoms with van der Waals surface area (Å²) in [6.45, 7) is 1.98. The first kappa shape index (κ1) is 9.93. The van der Waals surface area contributed by atoms with Crippen molar-refractivity contribution >= 4 is 0 Å². The van der Waals surface area contributed by atoms with E-state index < -0.39 is 6.10 Å². The van der Waals surface area contributed by atoms with Crippen LogP contribution in [0, 0.1) is 6.92 Å². The van der Waals surface area contributed by atoms with E-state index in [1.54, 1.807) is 24.6 Å². The summed E-state index contributed by atoms with van der Waals surface area (Å²) in [5.41, 5.74) is 1.99. The van der Waals surface area contributed by atoms with E-state index in [-0.39, 0.29) is 0 Å².